The lowest BCUT2D eigenvalue weighted by Crippen LogP contribution is -1.98. The molecule has 0 unspecified atom stereocenters. The first-order chi connectivity index (χ1) is 7.81. The quantitative estimate of drug-likeness (QED) is 0.772. The molecule has 0 aliphatic heterocycles. The Labute approximate surface area is 94.9 Å². The highest BCUT2D eigenvalue weighted by Crippen LogP contribution is 2.30. The highest BCUT2D eigenvalue weighted by atomic mass is 16.5. The van der Waals surface area contributed by atoms with Gasteiger partial charge in [-0.3, -0.25) is 0 Å². The first-order valence-corrected chi connectivity index (χ1v) is 5.06. The van der Waals surface area contributed by atoms with Gasteiger partial charge in [-0.15, -0.1) is 0 Å². The number of methoxy groups -OCH3 is 1. The van der Waals surface area contributed by atoms with E-state index in [1.54, 1.807) is 7.11 Å². The van der Waals surface area contributed by atoms with Crippen LogP contribution in [0.1, 0.15) is 0 Å². The predicted molar refractivity (Wildman–Crippen MR) is 67.1 cm³/mol. The van der Waals surface area contributed by atoms with Crippen molar-refractivity contribution in [2.75, 3.05) is 18.2 Å². The van der Waals surface area contributed by atoms with Crippen molar-refractivity contribution < 1.29 is 4.74 Å². The van der Waals surface area contributed by atoms with Gasteiger partial charge in [0, 0.05) is 5.69 Å². The molecule has 0 saturated heterocycles. The van der Waals surface area contributed by atoms with E-state index in [0.717, 1.165) is 11.4 Å². The van der Waals surface area contributed by atoms with E-state index < -0.39 is 0 Å². The van der Waals surface area contributed by atoms with Gasteiger partial charge >= 0.3 is 0 Å². The van der Waals surface area contributed by atoms with Crippen molar-refractivity contribution in [3.8, 4) is 5.75 Å². The van der Waals surface area contributed by atoms with Crippen LogP contribution in [-0.4, -0.2) is 7.11 Å². The summed E-state index contributed by atoms with van der Waals surface area (Å²) >= 11 is 0. The summed E-state index contributed by atoms with van der Waals surface area (Å²) in [6.07, 6.45) is 0. The van der Waals surface area contributed by atoms with Crippen LogP contribution in [-0.2, 0) is 0 Å². The Morgan fingerprint density at radius 2 is 1.75 bits per heavy atom. The monoisotopic (exact) mass is 214 g/mol. The van der Waals surface area contributed by atoms with Gasteiger partial charge < -0.3 is 15.8 Å². The Balaban J connectivity index is 2.28. The highest BCUT2D eigenvalue weighted by molar-refractivity contribution is 5.77. The van der Waals surface area contributed by atoms with Crippen LogP contribution in [0.5, 0.6) is 5.75 Å². The fraction of sp³-hybridized carbons (Fsp3) is 0.0769. The summed E-state index contributed by atoms with van der Waals surface area (Å²) in [4.78, 5) is 0. The maximum Gasteiger partial charge on any atom is 0.143 e. The second kappa shape index (κ2) is 4.57. The van der Waals surface area contributed by atoms with Gasteiger partial charge in [0.2, 0.25) is 0 Å². The molecule has 0 atom stereocenters. The smallest absolute Gasteiger partial charge is 0.143 e. The van der Waals surface area contributed by atoms with E-state index in [9.17, 15) is 0 Å². The Morgan fingerprint density at radius 1 is 1.00 bits per heavy atom. The number of para-hydroxylation sites is 2. The van der Waals surface area contributed by atoms with Gasteiger partial charge in [-0.05, 0) is 24.3 Å². The largest absolute Gasteiger partial charge is 0.495 e. The van der Waals surface area contributed by atoms with Crippen LogP contribution >= 0.6 is 0 Å². The molecule has 0 spiro atoms. The predicted octanol–water partition coefficient (Wildman–Crippen LogP) is 3.02. The third-order valence-corrected chi connectivity index (χ3v) is 2.34. The summed E-state index contributed by atoms with van der Waals surface area (Å²) < 4.78 is 5.16. The summed E-state index contributed by atoms with van der Waals surface area (Å²) in [7, 11) is 1.61. The van der Waals surface area contributed by atoms with E-state index >= 15 is 0 Å². The number of ether oxygens (including phenoxy) is 1. The van der Waals surface area contributed by atoms with Crippen LogP contribution in [0.2, 0.25) is 0 Å². The number of nitrogen functional groups attached to an aromatic ring is 1. The summed E-state index contributed by atoms with van der Waals surface area (Å²) in [5.74, 6) is 0.681. The van der Waals surface area contributed by atoms with Crippen molar-refractivity contribution in [2.24, 2.45) is 0 Å². The van der Waals surface area contributed by atoms with Gasteiger partial charge in [0.15, 0.2) is 0 Å². The summed E-state index contributed by atoms with van der Waals surface area (Å²) in [6, 6.07) is 15.5. The molecule has 0 heterocycles. The number of rotatable bonds is 3. The molecule has 0 aliphatic carbocycles. The topological polar surface area (TPSA) is 47.3 Å². The first kappa shape index (κ1) is 10.4. The number of benzene rings is 2. The minimum Gasteiger partial charge on any atom is -0.495 e. The molecule has 82 valence electrons. The third-order valence-electron chi connectivity index (χ3n) is 2.34. The molecule has 3 N–H and O–H groups in total. The molecule has 3 heteroatoms. The van der Waals surface area contributed by atoms with Crippen molar-refractivity contribution in [1.82, 2.24) is 0 Å². The first-order valence-electron chi connectivity index (χ1n) is 5.06. The zero-order chi connectivity index (χ0) is 11.4. The maximum atomic E-state index is 5.95. The number of nitrogens with two attached hydrogens (primary N) is 1. The minimum absolute atomic E-state index is 0.619. The fourth-order valence-corrected chi connectivity index (χ4v) is 1.51. The SMILES string of the molecule is COc1cccc(Nc2ccccc2)c1N. The molecule has 0 aromatic heterocycles. The van der Waals surface area contributed by atoms with E-state index in [4.69, 9.17) is 10.5 Å². The van der Waals surface area contributed by atoms with E-state index in [1.807, 2.05) is 48.5 Å². The van der Waals surface area contributed by atoms with Crippen LogP contribution in [0, 0.1) is 0 Å². The van der Waals surface area contributed by atoms with Gasteiger partial charge in [-0.2, -0.15) is 0 Å². The van der Waals surface area contributed by atoms with Crippen molar-refractivity contribution in [2.45, 2.75) is 0 Å². The summed E-state index contributed by atoms with van der Waals surface area (Å²) in [6.45, 7) is 0. The van der Waals surface area contributed by atoms with E-state index in [0.29, 0.717) is 11.4 Å². The van der Waals surface area contributed by atoms with Crippen LogP contribution in [0.4, 0.5) is 17.1 Å². The molecule has 0 saturated carbocycles. The van der Waals surface area contributed by atoms with E-state index in [1.165, 1.54) is 0 Å². The van der Waals surface area contributed by atoms with E-state index in [-0.39, 0.29) is 0 Å². The Bertz CT molecular complexity index is 469. The van der Waals surface area contributed by atoms with Crippen LogP contribution in [0.25, 0.3) is 0 Å². The molecule has 3 nitrogen and oxygen atoms in total. The van der Waals surface area contributed by atoms with Crippen molar-refractivity contribution in [3.63, 3.8) is 0 Å². The van der Waals surface area contributed by atoms with Gasteiger partial charge in [0.05, 0.1) is 18.5 Å². The van der Waals surface area contributed by atoms with Crippen molar-refractivity contribution >= 4 is 17.1 Å². The van der Waals surface area contributed by atoms with E-state index in [2.05, 4.69) is 5.32 Å². The molecule has 2 aromatic carbocycles. The van der Waals surface area contributed by atoms with Gasteiger partial charge in [0.25, 0.3) is 0 Å². The van der Waals surface area contributed by atoms with Crippen LogP contribution < -0.4 is 15.8 Å². The maximum absolute atomic E-state index is 5.95. The molecular weight excluding hydrogens is 200 g/mol. The number of hydrogen-bond acceptors (Lipinski definition) is 3. The van der Waals surface area contributed by atoms with Gasteiger partial charge in [-0.25, -0.2) is 0 Å². The van der Waals surface area contributed by atoms with Crippen molar-refractivity contribution in [1.29, 1.82) is 0 Å². The molecule has 0 fully saturated rings. The Kier molecular flexibility index (Phi) is 2.96. The molecular formula is C13H14N2O. The average Bonchev–Trinajstić information content (AvgIpc) is 2.33. The fourth-order valence-electron chi connectivity index (χ4n) is 1.51. The Morgan fingerprint density at radius 3 is 2.44 bits per heavy atom. The molecule has 0 radical (unpaired) electrons. The molecule has 0 amide bonds. The second-order valence-electron chi connectivity index (χ2n) is 3.41. The third kappa shape index (κ3) is 2.08. The summed E-state index contributed by atoms with van der Waals surface area (Å²) in [5.41, 5.74) is 8.43. The second-order valence-corrected chi connectivity index (χ2v) is 3.41. The van der Waals surface area contributed by atoms with Crippen LogP contribution in [0.3, 0.4) is 0 Å². The molecule has 0 aliphatic rings. The number of anilines is 3. The lowest BCUT2D eigenvalue weighted by atomic mass is 10.2. The Hall–Kier alpha value is -2.16. The molecule has 2 aromatic rings. The lowest BCUT2D eigenvalue weighted by molar-refractivity contribution is 0.417. The lowest BCUT2D eigenvalue weighted by Gasteiger charge is -2.11. The average molecular weight is 214 g/mol. The molecule has 0 bridgehead atoms. The molecule has 16 heavy (non-hydrogen) atoms. The number of nitrogens with one attached hydrogen (secondary N) is 1. The number of hydrogen-bond donors (Lipinski definition) is 2. The van der Waals surface area contributed by atoms with Gasteiger partial charge in [0.1, 0.15) is 5.75 Å². The highest BCUT2D eigenvalue weighted by Gasteiger charge is 2.04. The minimum atomic E-state index is 0.619. The van der Waals surface area contributed by atoms with Crippen molar-refractivity contribution in [3.05, 3.63) is 48.5 Å². The zero-order valence-electron chi connectivity index (χ0n) is 9.10. The molecule has 2 rings (SSSR count). The standard InChI is InChI=1S/C13H14N2O/c1-16-12-9-5-8-11(13(12)14)15-10-6-3-2-4-7-10/h2-9,15H,14H2,1H3. The van der Waals surface area contributed by atoms with Gasteiger partial charge in [-0.1, -0.05) is 24.3 Å². The van der Waals surface area contributed by atoms with Crippen LogP contribution in [0.15, 0.2) is 48.5 Å². The summed E-state index contributed by atoms with van der Waals surface area (Å²) in [5, 5.41) is 3.24. The normalized spacial score (nSPS) is 9.81. The zero-order valence-corrected chi connectivity index (χ0v) is 9.10.